The van der Waals surface area contributed by atoms with Gasteiger partial charge < -0.3 is 10.3 Å². The van der Waals surface area contributed by atoms with Gasteiger partial charge in [-0.2, -0.15) is 0 Å². The summed E-state index contributed by atoms with van der Waals surface area (Å²) in [4.78, 5) is 27.2. The number of anilines is 1. The Bertz CT molecular complexity index is 1150. The van der Waals surface area contributed by atoms with Crippen molar-refractivity contribution >= 4 is 32.5 Å². The Morgan fingerprint density at radius 3 is 2.37 bits per heavy atom. The Balaban J connectivity index is 1.86. The van der Waals surface area contributed by atoms with Crippen LogP contribution in [0.3, 0.4) is 0 Å². The van der Waals surface area contributed by atoms with Crippen LogP contribution in [-0.2, 0) is 10.0 Å². The van der Waals surface area contributed by atoms with E-state index in [2.05, 4.69) is 15.0 Å². The van der Waals surface area contributed by atoms with Gasteiger partial charge in [-0.1, -0.05) is 18.2 Å². The summed E-state index contributed by atoms with van der Waals surface area (Å²) in [5.41, 5.74) is 0.858. The minimum absolute atomic E-state index is 0.107. The summed E-state index contributed by atoms with van der Waals surface area (Å²) >= 11 is 0. The van der Waals surface area contributed by atoms with Crippen molar-refractivity contribution < 1.29 is 13.2 Å². The van der Waals surface area contributed by atoms with Gasteiger partial charge in [0.05, 0.1) is 10.5 Å². The molecule has 0 radical (unpaired) electrons. The number of hydrogen-bond donors (Lipinski definition) is 3. The first-order chi connectivity index (χ1) is 12.8. The molecule has 0 saturated heterocycles. The third-order valence-corrected chi connectivity index (χ3v) is 5.48. The molecule has 0 unspecified atom stereocenters. The van der Waals surface area contributed by atoms with Crippen molar-refractivity contribution in [2.75, 3.05) is 5.32 Å². The smallest absolute Gasteiger partial charge is 0.256 e. The fraction of sp³-hybridized carbons (Fsp3) is 0.158. The van der Waals surface area contributed by atoms with Crippen molar-refractivity contribution in [2.45, 2.75) is 24.8 Å². The van der Waals surface area contributed by atoms with E-state index in [9.17, 15) is 18.0 Å². The molecule has 1 aromatic heterocycles. The van der Waals surface area contributed by atoms with E-state index >= 15 is 0 Å². The van der Waals surface area contributed by atoms with Gasteiger partial charge in [0.2, 0.25) is 15.6 Å². The number of pyridine rings is 1. The number of carbonyl (C=O) groups excluding carboxylic acids is 1. The largest absolute Gasteiger partial charge is 0.322 e. The van der Waals surface area contributed by atoms with Gasteiger partial charge in [-0.3, -0.25) is 9.59 Å². The summed E-state index contributed by atoms with van der Waals surface area (Å²) in [6.07, 6.45) is 0. The third-order valence-electron chi connectivity index (χ3n) is 3.81. The van der Waals surface area contributed by atoms with Crippen LogP contribution in [0.1, 0.15) is 24.2 Å². The van der Waals surface area contributed by atoms with Crippen molar-refractivity contribution in [3.8, 4) is 0 Å². The molecule has 1 heterocycles. The van der Waals surface area contributed by atoms with Gasteiger partial charge in [-0.25, -0.2) is 13.1 Å². The van der Waals surface area contributed by atoms with E-state index in [0.29, 0.717) is 16.6 Å². The molecule has 140 valence electrons. The second-order valence-corrected chi connectivity index (χ2v) is 8.06. The van der Waals surface area contributed by atoms with Crippen LogP contribution in [0.25, 0.3) is 10.9 Å². The summed E-state index contributed by atoms with van der Waals surface area (Å²) < 4.78 is 26.8. The van der Waals surface area contributed by atoms with E-state index in [1.165, 1.54) is 30.3 Å². The highest BCUT2D eigenvalue weighted by Crippen LogP contribution is 2.18. The fourth-order valence-electron chi connectivity index (χ4n) is 2.69. The van der Waals surface area contributed by atoms with Crippen LogP contribution in [0.4, 0.5) is 5.69 Å². The minimum Gasteiger partial charge on any atom is -0.322 e. The summed E-state index contributed by atoms with van der Waals surface area (Å²) in [6.45, 7) is 3.47. The normalized spacial score (nSPS) is 11.7. The molecule has 27 heavy (non-hydrogen) atoms. The van der Waals surface area contributed by atoms with Gasteiger partial charge in [-0.05, 0) is 44.2 Å². The van der Waals surface area contributed by atoms with Crippen LogP contribution >= 0.6 is 0 Å². The lowest BCUT2D eigenvalue weighted by molar-refractivity contribution is 0.102. The zero-order valence-corrected chi connectivity index (χ0v) is 15.6. The molecule has 0 atom stereocenters. The number of benzene rings is 2. The molecule has 0 aliphatic carbocycles. The number of fused-ring (bicyclic) bond motifs is 1. The highest BCUT2D eigenvalue weighted by atomic mass is 32.2. The Morgan fingerprint density at radius 2 is 1.70 bits per heavy atom. The molecular formula is C19H19N3O4S. The van der Waals surface area contributed by atoms with E-state index in [1.54, 1.807) is 38.1 Å². The van der Waals surface area contributed by atoms with Gasteiger partial charge in [0.25, 0.3) is 5.91 Å². The molecule has 1 amide bonds. The molecule has 0 spiro atoms. The van der Waals surface area contributed by atoms with Crippen LogP contribution < -0.4 is 15.6 Å². The van der Waals surface area contributed by atoms with E-state index in [1.807, 2.05) is 0 Å². The number of rotatable bonds is 5. The van der Waals surface area contributed by atoms with Gasteiger partial charge in [-0.15, -0.1) is 0 Å². The van der Waals surface area contributed by atoms with Crippen molar-refractivity contribution in [3.05, 3.63) is 70.5 Å². The molecule has 0 aliphatic heterocycles. The number of aromatic amines is 1. The van der Waals surface area contributed by atoms with E-state index in [-0.39, 0.29) is 22.1 Å². The standard InChI is InChI=1S/C19H19N3O4S/c1-12(2)22-27(25,26)14-9-7-13(8-10-14)20-19(24)16-11-18(23)21-17-6-4-3-5-15(16)17/h3-12,22H,1-2H3,(H,20,24)(H,21,23). The number of amides is 1. The lowest BCUT2D eigenvalue weighted by Crippen LogP contribution is -2.30. The molecule has 2 aromatic carbocycles. The minimum atomic E-state index is -3.60. The van der Waals surface area contributed by atoms with E-state index in [0.717, 1.165) is 0 Å². The number of nitrogens with one attached hydrogen (secondary N) is 3. The molecule has 8 heteroatoms. The van der Waals surface area contributed by atoms with Gasteiger partial charge in [0.15, 0.2) is 0 Å². The molecule has 0 saturated carbocycles. The van der Waals surface area contributed by atoms with Crippen LogP contribution in [0.5, 0.6) is 0 Å². The first kappa shape index (κ1) is 18.8. The predicted octanol–water partition coefficient (Wildman–Crippen LogP) is 2.47. The number of sulfonamides is 1. The number of H-pyrrole nitrogens is 1. The predicted molar refractivity (Wildman–Crippen MR) is 104 cm³/mol. The Hall–Kier alpha value is -2.97. The van der Waals surface area contributed by atoms with Crippen LogP contribution in [-0.4, -0.2) is 25.4 Å². The average molecular weight is 385 g/mol. The van der Waals surface area contributed by atoms with Crippen LogP contribution in [0.15, 0.2) is 64.3 Å². The second-order valence-electron chi connectivity index (χ2n) is 6.35. The maximum Gasteiger partial charge on any atom is 0.256 e. The molecule has 0 bridgehead atoms. The summed E-state index contributed by atoms with van der Waals surface area (Å²) in [6, 6.07) is 13.9. The van der Waals surface area contributed by atoms with Crippen molar-refractivity contribution in [2.24, 2.45) is 0 Å². The summed E-state index contributed by atoms with van der Waals surface area (Å²) in [5, 5.41) is 3.31. The van der Waals surface area contributed by atoms with Crippen molar-refractivity contribution in [1.82, 2.24) is 9.71 Å². The molecule has 3 rings (SSSR count). The zero-order valence-electron chi connectivity index (χ0n) is 14.8. The monoisotopic (exact) mass is 385 g/mol. The van der Waals surface area contributed by atoms with E-state index in [4.69, 9.17) is 0 Å². The van der Waals surface area contributed by atoms with Gasteiger partial charge >= 0.3 is 0 Å². The summed E-state index contributed by atoms with van der Waals surface area (Å²) in [7, 11) is -3.60. The lowest BCUT2D eigenvalue weighted by atomic mass is 10.1. The molecule has 0 fully saturated rings. The topological polar surface area (TPSA) is 108 Å². The summed E-state index contributed by atoms with van der Waals surface area (Å²) in [5.74, 6) is -0.451. The number of carbonyl (C=O) groups is 1. The Labute approximate surface area is 156 Å². The third kappa shape index (κ3) is 4.24. The zero-order chi connectivity index (χ0) is 19.6. The number of aromatic nitrogens is 1. The average Bonchev–Trinajstić information content (AvgIpc) is 2.60. The maximum atomic E-state index is 12.6. The Kier molecular flexibility index (Phi) is 5.11. The van der Waals surface area contributed by atoms with E-state index < -0.39 is 15.9 Å². The molecule has 3 aromatic rings. The highest BCUT2D eigenvalue weighted by molar-refractivity contribution is 7.89. The molecule has 0 aliphatic rings. The first-order valence-corrected chi connectivity index (χ1v) is 9.80. The fourth-order valence-corrected chi connectivity index (χ4v) is 3.94. The number of hydrogen-bond acceptors (Lipinski definition) is 4. The van der Waals surface area contributed by atoms with Crippen LogP contribution in [0, 0.1) is 0 Å². The first-order valence-electron chi connectivity index (χ1n) is 8.32. The SMILES string of the molecule is CC(C)NS(=O)(=O)c1ccc(NC(=O)c2cc(=O)[nH]c3ccccc23)cc1. The number of para-hydroxylation sites is 1. The lowest BCUT2D eigenvalue weighted by Gasteiger charge is -2.11. The Morgan fingerprint density at radius 1 is 1.04 bits per heavy atom. The van der Waals surface area contributed by atoms with Crippen LogP contribution in [0.2, 0.25) is 0 Å². The van der Waals surface area contributed by atoms with Gasteiger partial charge in [0, 0.05) is 28.7 Å². The molecular weight excluding hydrogens is 366 g/mol. The highest BCUT2D eigenvalue weighted by Gasteiger charge is 2.16. The van der Waals surface area contributed by atoms with Gasteiger partial charge in [0.1, 0.15) is 0 Å². The molecule has 7 nitrogen and oxygen atoms in total. The quantitative estimate of drug-likeness (QED) is 0.627. The molecule has 3 N–H and O–H groups in total. The van der Waals surface area contributed by atoms with Crippen molar-refractivity contribution in [3.63, 3.8) is 0 Å². The van der Waals surface area contributed by atoms with Crippen molar-refractivity contribution in [1.29, 1.82) is 0 Å². The maximum absolute atomic E-state index is 12.6. The second kappa shape index (κ2) is 7.34.